The number of cyclic esters (lactones) is 1. The van der Waals surface area contributed by atoms with Gasteiger partial charge in [0.05, 0.1) is 26.7 Å². The summed E-state index contributed by atoms with van der Waals surface area (Å²) in [6.07, 6.45) is 2.70. The second kappa shape index (κ2) is 8.68. The first-order valence-corrected chi connectivity index (χ1v) is 8.07. The van der Waals surface area contributed by atoms with Gasteiger partial charge in [0.15, 0.2) is 6.04 Å². The van der Waals surface area contributed by atoms with Crippen LogP contribution in [0.5, 0.6) is 0 Å². The van der Waals surface area contributed by atoms with Gasteiger partial charge in [-0.25, -0.2) is 9.59 Å². The molecule has 2 amide bonds. The monoisotopic (exact) mass is 340 g/mol. The number of piperidine rings is 1. The van der Waals surface area contributed by atoms with Crippen LogP contribution < -0.4 is 0 Å². The van der Waals surface area contributed by atoms with Crippen molar-refractivity contribution in [1.29, 1.82) is 0 Å². The van der Waals surface area contributed by atoms with E-state index < -0.39 is 18.1 Å². The maximum Gasteiger partial charge on any atom is 0.410 e. The second-order valence-electron chi connectivity index (χ2n) is 5.75. The Morgan fingerprint density at radius 3 is 2.71 bits per heavy atom. The summed E-state index contributed by atoms with van der Waals surface area (Å²) < 4.78 is 14.9. The van der Waals surface area contributed by atoms with E-state index in [1.165, 1.54) is 12.0 Å². The van der Waals surface area contributed by atoms with Crippen molar-refractivity contribution in [2.75, 3.05) is 40.0 Å². The minimum Gasteiger partial charge on any atom is -0.467 e. The van der Waals surface area contributed by atoms with Crippen molar-refractivity contribution in [2.45, 2.75) is 31.3 Å². The van der Waals surface area contributed by atoms with Crippen molar-refractivity contribution >= 4 is 18.0 Å². The predicted octanol–water partition coefficient (Wildman–Crippen LogP) is 0.564. The third-order valence-electron chi connectivity index (χ3n) is 4.29. The van der Waals surface area contributed by atoms with Crippen LogP contribution in [0.4, 0.5) is 4.79 Å². The number of rotatable bonds is 7. The molecule has 0 aliphatic carbocycles. The van der Waals surface area contributed by atoms with Gasteiger partial charge < -0.3 is 19.1 Å². The van der Waals surface area contributed by atoms with Gasteiger partial charge >= 0.3 is 12.1 Å². The lowest BCUT2D eigenvalue weighted by atomic mass is 10.0. The van der Waals surface area contributed by atoms with Crippen molar-refractivity contribution in [3.05, 3.63) is 12.7 Å². The summed E-state index contributed by atoms with van der Waals surface area (Å²) in [7, 11) is 1.29. The van der Waals surface area contributed by atoms with Crippen molar-refractivity contribution in [1.82, 2.24) is 9.80 Å². The van der Waals surface area contributed by atoms with Crippen LogP contribution in [0.1, 0.15) is 19.3 Å². The number of methoxy groups -OCH3 is 1. The number of nitrogens with zero attached hydrogens (tertiary/aromatic N) is 2. The number of ether oxygens (including phenoxy) is 3. The standard InChI is InChI=1S/C16H24N2O6/c1-3-9-23-10-6-14(19)17-7-4-12(5-8-17)18-13(15(20)22-2)11-24-16(18)21/h3,12-13H,1,4-11H2,2H3. The number of carbonyl (C=O) groups is 3. The largest absolute Gasteiger partial charge is 0.467 e. The quantitative estimate of drug-likeness (QED) is 0.382. The van der Waals surface area contributed by atoms with Gasteiger partial charge in [0.1, 0.15) is 6.61 Å². The molecule has 2 aliphatic heterocycles. The van der Waals surface area contributed by atoms with Crippen LogP contribution in [-0.4, -0.2) is 79.9 Å². The van der Waals surface area contributed by atoms with Gasteiger partial charge in [-0.2, -0.15) is 0 Å². The highest BCUT2D eigenvalue weighted by atomic mass is 16.6. The highest BCUT2D eigenvalue weighted by molar-refractivity contribution is 5.84. The van der Waals surface area contributed by atoms with Gasteiger partial charge in [-0.05, 0) is 12.8 Å². The lowest BCUT2D eigenvalue weighted by Crippen LogP contribution is -2.52. The fraction of sp³-hybridized carbons (Fsp3) is 0.688. The van der Waals surface area contributed by atoms with Gasteiger partial charge in [0.25, 0.3) is 0 Å². The molecule has 2 rings (SSSR count). The van der Waals surface area contributed by atoms with E-state index in [0.717, 1.165) is 0 Å². The van der Waals surface area contributed by atoms with Crippen LogP contribution in [-0.2, 0) is 23.8 Å². The fourth-order valence-corrected chi connectivity index (χ4v) is 3.03. The third-order valence-corrected chi connectivity index (χ3v) is 4.29. The summed E-state index contributed by atoms with van der Waals surface area (Å²) in [5.74, 6) is -0.440. The molecule has 0 aromatic rings. The molecular formula is C16H24N2O6. The van der Waals surface area contributed by atoms with E-state index in [1.54, 1.807) is 11.0 Å². The Labute approximate surface area is 141 Å². The first-order valence-electron chi connectivity index (χ1n) is 8.07. The SMILES string of the molecule is C=CCOCCC(=O)N1CCC(N2C(=O)OCC2C(=O)OC)CC1. The maximum atomic E-state index is 12.1. The molecule has 24 heavy (non-hydrogen) atoms. The molecule has 0 aromatic carbocycles. The van der Waals surface area contributed by atoms with Gasteiger partial charge in [0.2, 0.25) is 5.91 Å². The minimum atomic E-state index is -0.693. The van der Waals surface area contributed by atoms with Crippen LogP contribution in [0, 0.1) is 0 Å². The van der Waals surface area contributed by atoms with E-state index in [1.807, 2.05) is 0 Å². The van der Waals surface area contributed by atoms with Crippen molar-refractivity contribution in [2.24, 2.45) is 0 Å². The maximum absolute atomic E-state index is 12.1. The lowest BCUT2D eigenvalue weighted by molar-refractivity contribution is -0.146. The molecule has 2 fully saturated rings. The Kier molecular flexibility index (Phi) is 6.60. The summed E-state index contributed by atoms with van der Waals surface area (Å²) in [5.41, 5.74) is 0. The van der Waals surface area contributed by atoms with E-state index in [0.29, 0.717) is 45.6 Å². The molecule has 2 saturated heterocycles. The average Bonchev–Trinajstić information content (AvgIpc) is 2.99. The number of amides is 2. The Hall–Kier alpha value is -2.09. The molecule has 2 aliphatic rings. The smallest absolute Gasteiger partial charge is 0.410 e. The Balaban J connectivity index is 1.83. The highest BCUT2D eigenvalue weighted by Gasteiger charge is 2.44. The van der Waals surface area contributed by atoms with Gasteiger partial charge in [-0.3, -0.25) is 9.69 Å². The van der Waals surface area contributed by atoms with Crippen LogP contribution in [0.15, 0.2) is 12.7 Å². The minimum absolute atomic E-state index is 0.0191. The van der Waals surface area contributed by atoms with Gasteiger partial charge in [0, 0.05) is 19.1 Å². The Morgan fingerprint density at radius 2 is 2.08 bits per heavy atom. The summed E-state index contributed by atoms with van der Waals surface area (Å²) in [4.78, 5) is 39.0. The number of carbonyl (C=O) groups excluding carboxylic acids is 3. The zero-order valence-electron chi connectivity index (χ0n) is 13.9. The first kappa shape index (κ1) is 18.3. The zero-order valence-corrected chi connectivity index (χ0v) is 13.9. The van der Waals surface area contributed by atoms with E-state index in [4.69, 9.17) is 14.2 Å². The number of esters is 1. The molecule has 134 valence electrons. The lowest BCUT2D eigenvalue weighted by Gasteiger charge is -2.37. The molecule has 8 nitrogen and oxygen atoms in total. The molecule has 0 spiro atoms. The van der Waals surface area contributed by atoms with Crippen LogP contribution in [0.25, 0.3) is 0 Å². The van der Waals surface area contributed by atoms with Gasteiger partial charge in [-0.15, -0.1) is 6.58 Å². The molecule has 1 unspecified atom stereocenters. The van der Waals surface area contributed by atoms with Gasteiger partial charge in [-0.1, -0.05) is 6.08 Å². The summed E-state index contributed by atoms with van der Waals surface area (Å²) in [6.45, 7) is 5.46. The molecule has 0 radical (unpaired) electrons. The Morgan fingerprint density at radius 1 is 1.38 bits per heavy atom. The van der Waals surface area contributed by atoms with E-state index in [9.17, 15) is 14.4 Å². The zero-order chi connectivity index (χ0) is 17.5. The number of hydrogen-bond acceptors (Lipinski definition) is 6. The summed E-state index contributed by atoms with van der Waals surface area (Å²) in [5, 5.41) is 0. The third kappa shape index (κ3) is 4.25. The second-order valence-corrected chi connectivity index (χ2v) is 5.75. The normalized spacial score (nSPS) is 21.5. The summed E-state index contributed by atoms with van der Waals surface area (Å²) >= 11 is 0. The summed E-state index contributed by atoms with van der Waals surface area (Å²) in [6, 6.07) is -0.813. The Bertz CT molecular complexity index is 487. The molecule has 0 saturated carbocycles. The highest BCUT2D eigenvalue weighted by Crippen LogP contribution is 2.24. The van der Waals surface area contributed by atoms with Crippen LogP contribution in [0.2, 0.25) is 0 Å². The number of hydrogen-bond donors (Lipinski definition) is 0. The topological polar surface area (TPSA) is 85.4 Å². The molecule has 0 aromatic heterocycles. The fourth-order valence-electron chi connectivity index (χ4n) is 3.03. The molecule has 2 heterocycles. The van der Waals surface area contributed by atoms with Crippen molar-refractivity contribution < 1.29 is 28.6 Å². The molecule has 8 heteroatoms. The average molecular weight is 340 g/mol. The first-order chi connectivity index (χ1) is 11.6. The predicted molar refractivity (Wildman–Crippen MR) is 84.2 cm³/mol. The molecular weight excluding hydrogens is 316 g/mol. The number of likely N-dealkylation sites (tertiary alicyclic amines) is 1. The van der Waals surface area contributed by atoms with Crippen molar-refractivity contribution in [3.63, 3.8) is 0 Å². The van der Waals surface area contributed by atoms with Crippen molar-refractivity contribution in [3.8, 4) is 0 Å². The molecule has 0 N–H and O–H groups in total. The van der Waals surface area contributed by atoms with E-state index in [2.05, 4.69) is 6.58 Å². The van der Waals surface area contributed by atoms with Crippen LogP contribution in [0.3, 0.4) is 0 Å². The van der Waals surface area contributed by atoms with Crippen LogP contribution >= 0.6 is 0 Å². The van der Waals surface area contributed by atoms with E-state index in [-0.39, 0.29) is 18.6 Å². The molecule has 1 atom stereocenters. The van der Waals surface area contributed by atoms with E-state index >= 15 is 0 Å². The molecule has 0 bridgehead atoms.